The van der Waals surface area contributed by atoms with Crippen molar-refractivity contribution in [3.8, 4) is 0 Å². The zero-order chi connectivity index (χ0) is 12.4. The van der Waals surface area contributed by atoms with Gasteiger partial charge in [-0.15, -0.1) is 0 Å². The first-order chi connectivity index (χ1) is 7.24. The van der Waals surface area contributed by atoms with Crippen LogP contribution in [0.1, 0.15) is 41.5 Å². The zero-order valence-corrected chi connectivity index (χ0v) is 13.1. The van der Waals surface area contributed by atoms with E-state index in [4.69, 9.17) is 0 Å². The molecule has 0 fully saturated rings. The first-order valence-electron chi connectivity index (χ1n) is 6.69. The van der Waals surface area contributed by atoms with E-state index in [0.29, 0.717) is 0 Å². The highest BCUT2D eigenvalue weighted by Crippen LogP contribution is 1.30. The number of nitrogens with two attached hydrogens (primary N) is 3. The third kappa shape index (κ3) is 105. The lowest BCUT2D eigenvalue weighted by molar-refractivity contribution is -0.648. The largest absolute Gasteiger partial charge is 1.00 e. The molecule has 0 rings (SSSR count). The Morgan fingerprint density at radius 1 is 0.389 bits per heavy atom. The highest BCUT2D eigenvalue weighted by atomic mass is 19.0. The Balaban J connectivity index is -0.0000000277. The van der Waals surface area contributed by atoms with Crippen LogP contribution in [0.15, 0.2) is 0 Å². The van der Waals surface area contributed by atoms with Gasteiger partial charge in [-0.2, -0.15) is 0 Å². The van der Waals surface area contributed by atoms with Gasteiger partial charge in [0.1, 0.15) is 0 Å². The van der Waals surface area contributed by atoms with Gasteiger partial charge in [-0.05, 0) is 41.5 Å². The molecule has 0 unspecified atom stereocenters. The minimum Gasteiger partial charge on any atom is -1.00 e. The zero-order valence-electron chi connectivity index (χ0n) is 13.1. The molecule has 18 heavy (non-hydrogen) atoms. The number of hydrogen-bond donors (Lipinski definition) is 3. The topological polar surface area (TPSA) is 49.8 Å². The van der Waals surface area contributed by atoms with Gasteiger partial charge in [-0.3, -0.25) is 0 Å². The lowest BCUT2D eigenvalue weighted by Gasteiger charge is -1.83. The van der Waals surface area contributed by atoms with Gasteiger partial charge >= 0.3 is 0 Å². The minimum absolute atomic E-state index is 0. The van der Waals surface area contributed by atoms with Crippen LogP contribution >= 0.6 is 0 Å². The molecular formula is C12H36F3N3. The molecular weight excluding hydrogens is 243 g/mol. The minimum atomic E-state index is 0. The molecule has 6 N–H and O–H groups in total. The van der Waals surface area contributed by atoms with E-state index in [1.165, 1.54) is 39.3 Å². The predicted molar refractivity (Wildman–Crippen MR) is 69.0 cm³/mol. The smallest absolute Gasteiger partial charge is 0.0726 e. The summed E-state index contributed by atoms with van der Waals surface area (Å²) in [5.41, 5.74) is 0. The van der Waals surface area contributed by atoms with Gasteiger partial charge in [0.2, 0.25) is 0 Å². The lowest BCUT2D eigenvalue weighted by Crippen LogP contribution is -3.00. The monoisotopic (exact) mass is 279 g/mol. The van der Waals surface area contributed by atoms with Crippen LogP contribution in [0.4, 0.5) is 0 Å². The lowest BCUT2D eigenvalue weighted by atomic mass is 10.7. The fourth-order valence-electron chi connectivity index (χ4n) is 0.866. The molecule has 0 aliphatic rings. The van der Waals surface area contributed by atoms with Gasteiger partial charge in [-0.25, -0.2) is 0 Å². The van der Waals surface area contributed by atoms with Gasteiger partial charge < -0.3 is 30.1 Å². The normalized spacial score (nSPS) is 7.00. The molecule has 0 aromatic heterocycles. The van der Waals surface area contributed by atoms with Crippen molar-refractivity contribution in [3.63, 3.8) is 0 Å². The van der Waals surface area contributed by atoms with E-state index in [0.717, 1.165) is 0 Å². The Bertz CT molecular complexity index is 59.3. The Labute approximate surface area is 112 Å². The summed E-state index contributed by atoms with van der Waals surface area (Å²) in [4.78, 5) is 0. The molecule has 0 heterocycles. The summed E-state index contributed by atoms with van der Waals surface area (Å²) in [6.45, 7) is 20.2. The van der Waals surface area contributed by atoms with Crippen molar-refractivity contribution in [1.29, 1.82) is 0 Å². The number of rotatable bonds is 6. The second-order valence-electron chi connectivity index (χ2n) is 3.32. The highest BCUT2D eigenvalue weighted by molar-refractivity contribution is 3.96. The van der Waals surface area contributed by atoms with Crippen molar-refractivity contribution >= 4 is 0 Å². The van der Waals surface area contributed by atoms with Gasteiger partial charge in [0, 0.05) is 0 Å². The van der Waals surface area contributed by atoms with E-state index in [1.807, 2.05) is 0 Å². The van der Waals surface area contributed by atoms with Crippen LogP contribution in [0, 0.1) is 0 Å². The van der Waals surface area contributed by atoms with E-state index < -0.39 is 0 Å². The summed E-state index contributed by atoms with van der Waals surface area (Å²) in [5.74, 6) is 0. The summed E-state index contributed by atoms with van der Waals surface area (Å²) >= 11 is 0. The molecule has 120 valence electrons. The van der Waals surface area contributed by atoms with Crippen LogP contribution in [0.25, 0.3) is 0 Å². The van der Waals surface area contributed by atoms with Crippen LogP contribution in [-0.2, 0) is 0 Å². The summed E-state index contributed by atoms with van der Waals surface area (Å²) in [5, 5.41) is 6.75. The maximum atomic E-state index is 2.25. The van der Waals surface area contributed by atoms with Crippen LogP contribution in [0.5, 0.6) is 0 Å². The van der Waals surface area contributed by atoms with Crippen molar-refractivity contribution in [2.75, 3.05) is 39.3 Å². The molecule has 0 aliphatic carbocycles. The molecule has 0 aromatic rings. The van der Waals surface area contributed by atoms with Crippen LogP contribution in [-0.4, -0.2) is 39.3 Å². The SMILES string of the molecule is CC[NH2+]CC.CC[NH2+]CC.CC[NH2+]CC.[F-].[F-].[F-]. The second-order valence-corrected chi connectivity index (χ2v) is 3.32. The fourth-order valence-corrected chi connectivity index (χ4v) is 0.866. The predicted octanol–water partition coefficient (Wildman–Crippen LogP) is -10.2. The average molecular weight is 279 g/mol. The van der Waals surface area contributed by atoms with E-state index in [-0.39, 0.29) is 14.1 Å². The molecule has 0 radical (unpaired) electrons. The second kappa shape index (κ2) is 54.5. The van der Waals surface area contributed by atoms with Crippen molar-refractivity contribution in [2.45, 2.75) is 41.5 Å². The highest BCUT2D eigenvalue weighted by Gasteiger charge is 1.67. The third-order valence-electron chi connectivity index (χ3n) is 1.73. The van der Waals surface area contributed by atoms with Gasteiger partial charge in [0.15, 0.2) is 0 Å². The van der Waals surface area contributed by atoms with Crippen molar-refractivity contribution in [1.82, 2.24) is 0 Å². The molecule has 0 amide bonds. The fraction of sp³-hybridized carbons (Fsp3) is 1.00. The first kappa shape index (κ1) is 36.1. The van der Waals surface area contributed by atoms with E-state index in [2.05, 4.69) is 57.5 Å². The van der Waals surface area contributed by atoms with Crippen molar-refractivity contribution < 1.29 is 30.1 Å². The maximum absolute atomic E-state index is 2.25. The van der Waals surface area contributed by atoms with Crippen molar-refractivity contribution in [3.05, 3.63) is 0 Å². The molecule has 0 aliphatic heterocycles. The van der Waals surface area contributed by atoms with E-state index in [9.17, 15) is 0 Å². The Kier molecular flexibility index (Phi) is 109. The standard InChI is InChI=1S/3C4H11N.3FH/c3*1-3-5-4-2;;;/h3*5H,3-4H2,1-2H3;3*1H. The molecule has 0 bridgehead atoms. The molecule has 0 spiro atoms. The maximum Gasteiger partial charge on any atom is 0.0726 e. The molecule has 6 heteroatoms. The quantitative estimate of drug-likeness (QED) is 0.433. The molecule has 0 atom stereocenters. The molecule has 3 nitrogen and oxygen atoms in total. The Morgan fingerprint density at radius 3 is 0.500 bits per heavy atom. The van der Waals surface area contributed by atoms with Crippen LogP contribution in [0.3, 0.4) is 0 Å². The summed E-state index contributed by atoms with van der Waals surface area (Å²) in [6, 6.07) is 0. The number of halogens is 3. The Hall–Kier alpha value is -0.330. The average Bonchev–Trinajstić information content (AvgIpc) is 2.23. The van der Waals surface area contributed by atoms with Crippen LogP contribution < -0.4 is 30.1 Å². The summed E-state index contributed by atoms with van der Waals surface area (Å²) in [6.07, 6.45) is 0. The number of quaternary nitrogens is 3. The summed E-state index contributed by atoms with van der Waals surface area (Å²) < 4.78 is 0. The van der Waals surface area contributed by atoms with E-state index >= 15 is 0 Å². The van der Waals surface area contributed by atoms with Crippen LogP contribution in [0.2, 0.25) is 0 Å². The van der Waals surface area contributed by atoms with Gasteiger partial charge in [0.05, 0.1) is 39.3 Å². The summed E-state index contributed by atoms with van der Waals surface area (Å²) in [7, 11) is 0. The van der Waals surface area contributed by atoms with Gasteiger partial charge in [-0.1, -0.05) is 0 Å². The molecule has 0 saturated carbocycles. The molecule has 0 aromatic carbocycles. The van der Waals surface area contributed by atoms with Crippen molar-refractivity contribution in [2.24, 2.45) is 0 Å². The van der Waals surface area contributed by atoms with E-state index in [1.54, 1.807) is 0 Å². The number of hydrogen-bond acceptors (Lipinski definition) is 0. The molecule has 0 saturated heterocycles. The van der Waals surface area contributed by atoms with Gasteiger partial charge in [0.25, 0.3) is 0 Å². The third-order valence-corrected chi connectivity index (χ3v) is 1.73. The Morgan fingerprint density at radius 2 is 0.500 bits per heavy atom. The first-order valence-corrected chi connectivity index (χ1v) is 6.69.